The number of carboxylic acids is 1. The van der Waals surface area contributed by atoms with Crippen LogP contribution in [0.3, 0.4) is 0 Å². The van der Waals surface area contributed by atoms with Crippen molar-refractivity contribution in [1.82, 2.24) is 4.98 Å². The molecule has 0 radical (unpaired) electrons. The molecule has 1 aromatic carbocycles. The maximum atomic E-state index is 12.9. The van der Waals surface area contributed by atoms with Crippen molar-refractivity contribution in [3.63, 3.8) is 0 Å². The van der Waals surface area contributed by atoms with E-state index in [0.29, 0.717) is 0 Å². The molecule has 1 aromatic heterocycles. The molecule has 0 aliphatic heterocycles. The normalized spacial score (nSPS) is 11.6. The van der Waals surface area contributed by atoms with E-state index in [1.807, 2.05) is 4.98 Å². The number of benzene rings is 1. The van der Waals surface area contributed by atoms with Crippen LogP contribution in [0.1, 0.15) is 26.4 Å². The minimum absolute atomic E-state index is 0.0471. The maximum Gasteiger partial charge on any atom is 0.432 e. The van der Waals surface area contributed by atoms with Gasteiger partial charge >= 0.3 is 18.1 Å². The monoisotopic (exact) mass is 287 g/mol. The highest BCUT2D eigenvalue weighted by Gasteiger charge is 2.39. The number of H-pyrrole nitrogens is 1. The molecule has 0 spiro atoms. The minimum atomic E-state index is -4.79. The Hall–Kier alpha value is -2.51. The molecule has 2 N–H and O–H groups in total. The summed E-state index contributed by atoms with van der Waals surface area (Å²) in [5.41, 5.74) is -2.21. The molecule has 2 rings (SSSR count). The highest BCUT2D eigenvalue weighted by Crippen LogP contribution is 2.36. The number of methoxy groups -OCH3 is 1. The summed E-state index contributed by atoms with van der Waals surface area (Å²) in [5, 5.41) is 8.76. The van der Waals surface area contributed by atoms with Gasteiger partial charge in [0.2, 0.25) is 0 Å². The van der Waals surface area contributed by atoms with Gasteiger partial charge in [-0.05, 0) is 12.1 Å². The fraction of sp³-hybridized carbons (Fsp3) is 0.167. The van der Waals surface area contributed by atoms with Gasteiger partial charge < -0.3 is 14.8 Å². The number of halogens is 3. The lowest BCUT2D eigenvalue weighted by molar-refractivity contribution is -0.141. The van der Waals surface area contributed by atoms with Crippen LogP contribution in [0.25, 0.3) is 10.9 Å². The first-order valence-corrected chi connectivity index (χ1v) is 5.30. The molecule has 0 aliphatic carbocycles. The smallest absolute Gasteiger partial charge is 0.432 e. The Morgan fingerprint density at radius 2 is 1.95 bits per heavy atom. The molecule has 106 valence electrons. The van der Waals surface area contributed by atoms with Gasteiger partial charge in [-0.25, -0.2) is 9.59 Å². The summed E-state index contributed by atoms with van der Waals surface area (Å²) < 4.78 is 43.0. The van der Waals surface area contributed by atoms with Crippen molar-refractivity contribution >= 4 is 22.8 Å². The summed E-state index contributed by atoms with van der Waals surface area (Å²) in [4.78, 5) is 24.3. The third-order valence-corrected chi connectivity index (χ3v) is 2.72. The SMILES string of the molecule is COC(=O)c1c(C(F)(F)F)[nH]c2cc(C(=O)O)ccc12. The molecule has 0 bridgehead atoms. The van der Waals surface area contributed by atoms with Gasteiger partial charge in [0.15, 0.2) is 0 Å². The number of aromatic nitrogens is 1. The quantitative estimate of drug-likeness (QED) is 0.832. The summed E-state index contributed by atoms with van der Waals surface area (Å²) in [6, 6.07) is 3.28. The zero-order valence-electron chi connectivity index (χ0n) is 10.0. The summed E-state index contributed by atoms with van der Waals surface area (Å²) in [7, 11) is 0.965. The van der Waals surface area contributed by atoms with Crippen LogP contribution in [-0.2, 0) is 10.9 Å². The first-order valence-electron chi connectivity index (χ1n) is 5.30. The van der Waals surface area contributed by atoms with E-state index in [1.165, 1.54) is 0 Å². The molecule has 2 aromatic rings. The number of carbonyl (C=O) groups is 2. The Kier molecular flexibility index (Phi) is 3.16. The maximum absolute atomic E-state index is 12.9. The van der Waals surface area contributed by atoms with Gasteiger partial charge in [-0.15, -0.1) is 0 Å². The summed E-state index contributed by atoms with van der Waals surface area (Å²) >= 11 is 0. The van der Waals surface area contributed by atoms with E-state index in [9.17, 15) is 22.8 Å². The van der Waals surface area contributed by atoms with Crippen LogP contribution < -0.4 is 0 Å². The number of esters is 1. The molecule has 5 nitrogen and oxygen atoms in total. The van der Waals surface area contributed by atoms with Crippen molar-refractivity contribution in [1.29, 1.82) is 0 Å². The highest BCUT2D eigenvalue weighted by molar-refractivity contribution is 6.07. The average Bonchev–Trinajstić information content (AvgIpc) is 2.75. The predicted molar refractivity (Wildman–Crippen MR) is 61.6 cm³/mol. The number of carbonyl (C=O) groups excluding carboxylic acids is 1. The Morgan fingerprint density at radius 3 is 2.45 bits per heavy atom. The molecule has 0 fully saturated rings. The molecule has 0 unspecified atom stereocenters. The van der Waals surface area contributed by atoms with E-state index in [4.69, 9.17) is 5.11 Å². The number of rotatable bonds is 2. The van der Waals surface area contributed by atoms with Gasteiger partial charge in [0.1, 0.15) is 5.69 Å². The van der Waals surface area contributed by atoms with Gasteiger partial charge in [0, 0.05) is 10.9 Å². The number of nitrogens with one attached hydrogen (secondary N) is 1. The van der Waals surface area contributed by atoms with Crippen molar-refractivity contribution in [3.8, 4) is 0 Å². The molecule has 0 saturated carbocycles. The molecule has 1 heterocycles. The van der Waals surface area contributed by atoms with Crippen LogP contribution in [0.2, 0.25) is 0 Å². The standard InChI is InChI=1S/C12H8F3NO4/c1-20-11(19)8-6-3-2-5(10(17)18)4-7(6)16-9(8)12(13,14)15/h2-4,16H,1H3,(H,17,18). The van der Waals surface area contributed by atoms with Crippen LogP contribution in [-0.4, -0.2) is 29.1 Å². The van der Waals surface area contributed by atoms with Gasteiger partial charge in [-0.1, -0.05) is 6.07 Å². The van der Waals surface area contributed by atoms with Crippen molar-refractivity contribution in [2.45, 2.75) is 6.18 Å². The van der Waals surface area contributed by atoms with E-state index >= 15 is 0 Å². The molecule has 0 aliphatic rings. The van der Waals surface area contributed by atoms with E-state index in [-0.39, 0.29) is 16.5 Å². The molecule has 0 atom stereocenters. The Morgan fingerprint density at radius 1 is 1.30 bits per heavy atom. The largest absolute Gasteiger partial charge is 0.478 e. The van der Waals surface area contributed by atoms with Crippen molar-refractivity contribution < 1.29 is 32.6 Å². The third-order valence-electron chi connectivity index (χ3n) is 2.72. The fourth-order valence-electron chi connectivity index (χ4n) is 1.86. The number of alkyl halides is 3. The number of aromatic carboxylic acids is 1. The predicted octanol–water partition coefficient (Wildman–Crippen LogP) is 2.67. The van der Waals surface area contributed by atoms with E-state index < -0.39 is 29.4 Å². The molecular weight excluding hydrogens is 279 g/mol. The van der Waals surface area contributed by atoms with E-state index in [1.54, 1.807) is 0 Å². The lowest BCUT2D eigenvalue weighted by atomic mass is 10.1. The van der Waals surface area contributed by atoms with Crippen molar-refractivity contribution in [2.24, 2.45) is 0 Å². The van der Waals surface area contributed by atoms with E-state index in [2.05, 4.69) is 4.74 Å². The number of fused-ring (bicyclic) bond motifs is 1. The van der Waals surface area contributed by atoms with Crippen LogP contribution >= 0.6 is 0 Å². The number of aromatic amines is 1. The first-order chi connectivity index (χ1) is 9.25. The van der Waals surface area contributed by atoms with Crippen LogP contribution in [0, 0.1) is 0 Å². The molecule has 20 heavy (non-hydrogen) atoms. The second-order valence-corrected chi connectivity index (χ2v) is 3.93. The summed E-state index contributed by atoms with van der Waals surface area (Å²) in [5.74, 6) is -2.43. The van der Waals surface area contributed by atoms with Crippen molar-refractivity contribution in [2.75, 3.05) is 7.11 Å². The molecule has 8 heteroatoms. The second-order valence-electron chi connectivity index (χ2n) is 3.93. The van der Waals surface area contributed by atoms with Crippen molar-refractivity contribution in [3.05, 3.63) is 35.0 Å². The number of carboxylic acid groups (broad SMARTS) is 1. The lowest BCUT2D eigenvalue weighted by Gasteiger charge is -2.06. The van der Waals surface area contributed by atoms with Crippen LogP contribution in [0.15, 0.2) is 18.2 Å². The molecule has 0 amide bonds. The zero-order chi connectivity index (χ0) is 15.1. The second kappa shape index (κ2) is 4.55. The first kappa shape index (κ1) is 13.9. The highest BCUT2D eigenvalue weighted by atomic mass is 19.4. The van der Waals surface area contributed by atoms with Gasteiger partial charge in [-0.2, -0.15) is 13.2 Å². The Labute approximate surface area is 110 Å². The third kappa shape index (κ3) is 2.20. The minimum Gasteiger partial charge on any atom is -0.478 e. The topological polar surface area (TPSA) is 79.4 Å². The molecule has 0 saturated heterocycles. The number of ether oxygens (including phenoxy) is 1. The average molecular weight is 287 g/mol. The zero-order valence-corrected chi connectivity index (χ0v) is 10.0. The summed E-state index contributed by atoms with van der Waals surface area (Å²) in [6.45, 7) is 0. The Bertz CT molecular complexity index is 703. The van der Waals surface area contributed by atoms with E-state index in [0.717, 1.165) is 25.3 Å². The van der Waals surface area contributed by atoms with Gasteiger partial charge in [-0.3, -0.25) is 0 Å². The lowest BCUT2D eigenvalue weighted by Crippen LogP contribution is -2.13. The molecular formula is C12H8F3NO4. The van der Waals surface area contributed by atoms with Crippen LogP contribution in [0.4, 0.5) is 13.2 Å². The fourth-order valence-corrected chi connectivity index (χ4v) is 1.86. The summed E-state index contributed by atoms with van der Waals surface area (Å²) in [6.07, 6.45) is -4.79. The van der Waals surface area contributed by atoms with Gasteiger partial charge in [0.05, 0.1) is 18.2 Å². The Balaban J connectivity index is 2.79. The number of hydrogen-bond donors (Lipinski definition) is 2. The number of hydrogen-bond acceptors (Lipinski definition) is 3. The van der Waals surface area contributed by atoms with Crippen LogP contribution in [0.5, 0.6) is 0 Å². The van der Waals surface area contributed by atoms with Gasteiger partial charge in [0.25, 0.3) is 0 Å².